The third-order valence-corrected chi connectivity index (χ3v) is 1.94. The molecule has 0 atom stereocenters. The van der Waals surface area contributed by atoms with Gasteiger partial charge in [0.2, 0.25) is 5.91 Å². The van der Waals surface area contributed by atoms with Gasteiger partial charge in [-0.2, -0.15) is 0 Å². The lowest BCUT2D eigenvalue weighted by molar-refractivity contribution is -0.121. The van der Waals surface area contributed by atoms with Crippen LogP contribution in [-0.2, 0) is 11.3 Å². The molecule has 0 bridgehead atoms. The standard InChI is InChI=1S/C12H20N4O/c1-9-5-15-10(7-14-9)6-13-8-11(17)16-12(2,3)4/h5,7,13H,6,8H2,1-4H3,(H,16,17). The van der Waals surface area contributed by atoms with E-state index in [1.807, 2.05) is 27.7 Å². The van der Waals surface area contributed by atoms with Gasteiger partial charge in [-0.25, -0.2) is 0 Å². The SMILES string of the molecule is Cc1cnc(CNCC(=O)NC(C)(C)C)cn1. The summed E-state index contributed by atoms with van der Waals surface area (Å²) in [5.41, 5.74) is 1.53. The first kappa shape index (κ1) is 13.6. The Labute approximate surface area is 102 Å². The zero-order chi connectivity index (χ0) is 12.9. The number of aromatic nitrogens is 2. The van der Waals surface area contributed by atoms with Crippen LogP contribution in [0.4, 0.5) is 0 Å². The molecule has 0 aliphatic heterocycles. The molecule has 5 nitrogen and oxygen atoms in total. The lowest BCUT2D eigenvalue weighted by Crippen LogP contribution is -2.44. The van der Waals surface area contributed by atoms with Crippen LogP contribution < -0.4 is 10.6 Å². The molecule has 94 valence electrons. The average Bonchev–Trinajstić information content (AvgIpc) is 2.18. The largest absolute Gasteiger partial charge is 0.350 e. The van der Waals surface area contributed by atoms with Crippen LogP contribution in [0, 0.1) is 6.92 Å². The molecule has 0 fully saturated rings. The predicted octanol–water partition coefficient (Wildman–Crippen LogP) is 0.789. The van der Waals surface area contributed by atoms with Gasteiger partial charge in [0.1, 0.15) is 0 Å². The third-order valence-electron chi connectivity index (χ3n) is 1.94. The summed E-state index contributed by atoms with van der Waals surface area (Å²) >= 11 is 0. The van der Waals surface area contributed by atoms with Gasteiger partial charge in [0.25, 0.3) is 0 Å². The number of nitrogens with one attached hydrogen (secondary N) is 2. The molecule has 0 aliphatic carbocycles. The second-order valence-electron chi connectivity index (χ2n) is 5.05. The van der Waals surface area contributed by atoms with E-state index in [-0.39, 0.29) is 18.0 Å². The molecule has 17 heavy (non-hydrogen) atoms. The molecule has 0 aromatic carbocycles. The van der Waals surface area contributed by atoms with Gasteiger partial charge in [-0.1, -0.05) is 0 Å². The Kier molecular flexibility index (Phi) is 4.57. The molecule has 1 aromatic rings. The molecule has 1 aromatic heterocycles. The van der Waals surface area contributed by atoms with Crippen molar-refractivity contribution in [2.24, 2.45) is 0 Å². The lowest BCUT2D eigenvalue weighted by atomic mass is 10.1. The highest BCUT2D eigenvalue weighted by molar-refractivity contribution is 5.78. The molecular formula is C12H20N4O. The van der Waals surface area contributed by atoms with Gasteiger partial charge in [-0.05, 0) is 27.7 Å². The second kappa shape index (κ2) is 5.72. The van der Waals surface area contributed by atoms with Crippen molar-refractivity contribution in [3.8, 4) is 0 Å². The number of hydrogen-bond donors (Lipinski definition) is 2. The van der Waals surface area contributed by atoms with Crippen LogP contribution in [0.15, 0.2) is 12.4 Å². The van der Waals surface area contributed by atoms with E-state index in [9.17, 15) is 4.79 Å². The summed E-state index contributed by atoms with van der Waals surface area (Å²) < 4.78 is 0. The molecule has 5 heteroatoms. The molecule has 0 spiro atoms. The maximum atomic E-state index is 11.5. The summed E-state index contributed by atoms with van der Waals surface area (Å²) in [6.07, 6.45) is 3.43. The van der Waals surface area contributed by atoms with Crippen LogP contribution >= 0.6 is 0 Å². The van der Waals surface area contributed by atoms with Crippen LogP contribution in [0.2, 0.25) is 0 Å². The van der Waals surface area contributed by atoms with E-state index in [1.165, 1.54) is 0 Å². The fourth-order valence-electron chi connectivity index (χ4n) is 1.28. The molecule has 0 saturated carbocycles. The highest BCUT2D eigenvalue weighted by Crippen LogP contribution is 1.97. The van der Waals surface area contributed by atoms with E-state index in [4.69, 9.17) is 0 Å². The zero-order valence-corrected chi connectivity index (χ0v) is 10.9. The number of carbonyl (C=O) groups is 1. The third kappa shape index (κ3) is 5.97. The molecule has 0 aliphatic rings. The van der Waals surface area contributed by atoms with Gasteiger partial charge in [0, 0.05) is 24.5 Å². The Morgan fingerprint density at radius 2 is 2.00 bits per heavy atom. The summed E-state index contributed by atoms with van der Waals surface area (Å²) in [6, 6.07) is 0. The van der Waals surface area contributed by atoms with Crippen molar-refractivity contribution in [3.05, 3.63) is 23.8 Å². The Morgan fingerprint density at radius 1 is 1.29 bits per heavy atom. The van der Waals surface area contributed by atoms with E-state index in [0.29, 0.717) is 6.54 Å². The fourth-order valence-corrected chi connectivity index (χ4v) is 1.28. The quantitative estimate of drug-likeness (QED) is 0.811. The van der Waals surface area contributed by atoms with Crippen LogP contribution in [0.5, 0.6) is 0 Å². The summed E-state index contributed by atoms with van der Waals surface area (Å²) in [7, 11) is 0. The molecule has 0 unspecified atom stereocenters. The molecule has 1 heterocycles. The first-order valence-electron chi connectivity index (χ1n) is 5.66. The van der Waals surface area contributed by atoms with E-state index < -0.39 is 0 Å². The molecule has 1 amide bonds. The van der Waals surface area contributed by atoms with Crippen molar-refractivity contribution >= 4 is 5.91 Å². The Morgan fingerprint density at radius 3 is 2.53 bits per heavy atom. The Hall–Kier alpha value is -1.49. The van der Waals surface area contributed by atoms with Gasteiger partial charge in [0.05, 0.1) is 17.9 Å². The molecule has 1 rings (SSSR count). The number of amides is 1. The van der Waals surface area contributed by atoms with Crippen molar-refractivity contribution < 1.29 is 4.79 Å². The normalized spacial score (nSPS) is 11.3. The predicted molar refractivity (Wildman–Crippen MR) is 66.4 cm³/mol. The topological polar surface area (TPSA) is 66.9 Å². The maximum Gasteiger partial charge on any atom is 0.234 e. The monoisotopic (exact) mass is 236 g/mol. The van der Waals surface area contributed by atoms with Crippen molar-refractivity contribution in [2.45, 2.75) is 39.8 Å². The number of rotatable bonds is 4. The van der Waals surface area contributed by atoms with Crippen molar-refractivity contribution in [1.82, 2.24) is 20.6 Å². The number of nitrogens with zero attached hydrogens (tertiary/aromatic N) is 2. The van der Waals surface area contributed by atoms with Crippen LogP contribution in [0.25, 0.3) is 0 Å². The van der Waals surface area contributed by atoms with Gasteiger partial charge < -0.3 is 10.6 Å². The summed E-state index contributed by atoms with van der Waals surface area (Å²) in [6.45, 7) is 8.59. The highest BCUT2D eigenvalue weighted by Gasteiger charge is 2.12. The number of carbonyl (C=O) groups excluding carboxylic acids is 1. The molecule has 0 saturated heterocycles. The van der Waals surface area contributed by atoms with Crippen LogP contribution in [0.1, 0.15) is 32.2 Å². The average molecular weight is 236 g/mol. The van der Waals surface area contributed by atoms with E-state index in [2.05, 4.69) is 20.6 Å². The van der Waals surface area contributed by atoms with Crippen molar-refractivity contribution in [2.75, 3.05) is 6.54 Å². The summed E-state index contributed by atoms with van der Waals surface area (Å²) in [5.74, 6) is -0.0161. The van der Waals surface area contributed by atoms with Crippen LogP contribution in [-0.4, -0.2) is 28.0 Å². The molecular weight excluding hydrogens is 216 g/mol. The summed E-state index contributed by atoms with van der Waals surface area (Å²) in [5, 5.41) is 5.91. The smallest absolute Gasteiger partial charge is 0.234 e. The van der Waals surface area contributed by atoms with E-state index in [1.54, 1.807) is 12.4 Å². The minimum atomic E-state index is -0.192. The first-order chi connectivity index (χ1) is 7.87. The number of aryl methyl sites for hydroxylation is 1. The second-order valence-corrected chi connectivity index (χ2v) is 5.05. The van der Waals surface area contributed by atoms with Gasteiger partial charge in [-0.3, -0.25) is 14.8 Å². The van der Waals surface area contributed by atoms with Gasteiger partial charge in [0.15, 0.2) is 0 Å². The minimum Gasteiger partial charge on any atom is -0.350 e. The maximum absolute atomic E-state index is 11.5. The Balaban J connectivity index is 2.28. The van der Waals surface area contributed by atoms with E-state index >= 15 is 0 Å². The first-order valence-corrected chi connectivity index (χ1v) is 5.66. The van der Waals surface area contributed by atoms with Gasteiger partial charge in [-0.15, -0.1) is 0 Å². The van der Waals surface area contributed by atoms with Crippen molar-refractivity contribution in [1.29, 1.82) is 0 Å². The molecule has 2 N–H and O–H groups in total. The molecule has 0 radical (unpaired) electrons. The van der Waals surface area contributed by atoms with Crippen molar-refractivity contribution in [3.63, 3.8) is 0 Å². The summed E-state index contributed by atoms with van der Waals surface area (Å²) in [4.78, 5) is 19.8. The highest BCUT2D eigenvalue weighted by atomic mass is 16.2. The minimum absolute atomic E-state index is 0.0161. The van der Waals surface area contributed by atoms with Gasteiger partial charge >= 0.3 is 0 Å². The zero-order valence-electron chi connectivity index (χ0n) is 10.9. The fraction of sp³-hybridized carbons (Fsp3) is 0.583. The van der Waals surface area contributed by atoms with E-state index in [0.717, 1.165) is 11.4 Å². The number of hydrogen-bond acceptors (Lipinski definition) is 4. The lowest BCUT2D eigenvalue weighted by Gasteiger charge is -2.20. The Bertz CT molecular complexity index is 367. The van der Waals surface area contributed by atoms with Crippen LogP contribution in [0.3, 0.4) is 0 Å².